The summed E-state index contributed by atoms with van der Waals surface area (Å²) in [5, 5.41) is 3.88. The molecule has 0 aliphatic heterocycles. The van der Waals surface area contributed by atoms with Gasteiger partial charge in [-0.1, -0.05) is 6.92 Å². The van der Waals surface area contributed by atoms with Gasteiger partial charge in [0, 0.05) is 18.0 Å². The molecule has 0 atom stereocenters. The number of nitrogens with zero attached hydrogens (tertiary/aromatic N) is 2. The van der Waals surface area contributed by atoms with Gasteiger partial charge in [0.25, 0.3) is 0 Å². The second-order valence-corrected chi connectivity index (χ2v) is 2.62. The summed E-state index contributed by atoms with van der Waals surface area (Å²) >= 11 is 0. The summed E-state index contributed by atoms with van der Waals surface area (Å²) in [6.45, 7) is 1.95. The molecule has 74 valence electrons. The summed E-state index contributed by atoms with van der Waals surface area (Å²) in [7, 11) is 0. The molecule has 0 fully saturated rings. The molecular formula is C9H12N4O. The average Bonchev–Trinajstić information content (AvgIpc) is 2.20. The molecule has 0 saturated carbocycles. The van der Waals surface area contributed by atoms with E-state index in [4.69, 9.17) is 5.73 Å². The first-order chi connectivity index (χ1) is 6.74. The second kappa shape index (κ2) is 4.96. The molecule has 5 nitrogen and oxygen atoms in total. The molecule has 0 bridgehead atoms. The van der Waals surface area contributed by atoms with E-state index in [0.717, 1.165) is 11.3 Å². The van der Waals surface area contributed by atoms with Gasteiger partial charge in [0.2, 0.25) is 0 Å². The lowest BCUT2D eigenvalue weighted by atomic mass is 10.1. The van der Waals surface area contributed by atoms with E-state index in [1.165, 1.54) is 0 Å². The third-order valence-electron chi connectivity index (χ3n) is 1.65. The maximum atomic E-state index is 10.4. The number of carbonyl (C=O) groups excluding carboxylic acids is 1. The van der Waals surface area contributed by atoms with Crippen molar-refractivity contribution in [1.29, 1.82) is 0 Å². The van der Waals surface area contributed by atoms with Crippen molar-refractivity contribution in [3.05, 3.63) is 30.1 Å². The molecule has 3 N–H and O–H groups in total. The third kappa shape index (κ3) is 2.85. The normalized spacial score (nSPS) is 11.1. The Morgan fingerprint density at radius 1 is 1.57 bits per heavy atom. The van der Waals surface area contributed by atoms with Gasteiger partial charge >= 0.3 is 6.03 Å². The molecule has 1 aromatic rings. The number of urea groups is 1. The lowest BCUT2D eigenvalue weighted by molar-refractivity contribution is 0.249. The Bertz CT molecular complexity index is 334. The van der Waals surface area contributed by atoms with E-state index in [-0.39, 0.29) is 0 Å². The van der Waals surface area contributed by atoms with Crippen LogP contribution in [0.1, 0.15) is 18.9 Å². The van der Waals surface area contributed by atoms with Crippen LogP contribution in [-0.2, 0) is 0 Å². The lowest BCUT2D eigenvalue weighted by Gasteiger charge is -2.02. The largest absolute Gasteiger partial charge is 0.350 e. The zero-order valence-corrected chi connectivity index (χ0v) is 7.90. The minimum atomic E-state index is -0.662. The maximum absolute atomic E-state index is 10.4. The zero-order chi connectivity index (χ0) is 10.4. The van der Waals surface area contributed by atoms with E-state index in [1.807, 2.05) is 19.1 Å². The first kappa shape index (κ1) is 10.2. The van der Waals surface area contributed by atoms with Crippen LogP contribution in [0, 0.1) is 0 Å². The van der Waals surface area contributed by atoms with Crippen LogP contribution in [0.2, 0.25) is 0 Å². The van der Waals surface area contributed by atoms with Crippen molar-refractivity contribution in [3.8, 4) is 0 Å². The Morgan fingerprint density at radius 3 is 2.71 bits per heavy atom. The predicted octanol–water partition coefficient (Wildman–Crippen LogP) is 0.864. The van der Waals surface area contributed by atoms with E-state index in [0.29, 0.717) is 6.42 Å². The van der Waals surface area contributed by atoms with E-state index in [1.54, 1.807) is 12.4 Å². The number of nitrogens with two attached hydrogens (primary N) is 1. The summed E-state index contributed by atoms with van der Waals surface area (Å²) in [4.78, 5) is 14.3. The van der Waals surface area contributed by atoms with Crippen LogP contribution in [0.3, 0.4) is 0 Å². The summed E-state index contributed by atoms with van der Waals surface area (Å²) in [5.74, 6) is 0. The number of hydrazone groups is 1. The number of rotatable bonds is 3. The first-order valence-electron chi connectivity index (χ1n) is 4.26. The monoisotopic (exact) mass is 192 g/mol. The van der Waals surface area contributed by atoms with Crippen LogP contribution in [0.25, 0.3) is 0 Å². The van der Waals surface area contributed by atoms with Gasteiger partial charge in [0.1, 0.15) is 0 Å². The average molecular weight is 192 g/mol. The topological polar surface area (TPSA) is 80.4 Å². The molecule has 0 aliphatic carbocycles. The van der Waals surface area contributed by atoms with Crippen LogP contribution in [-0.4, -0.2) is 16.7 Å². The lowest BCUT2D eigenvalue weighted by Crippen LogP contribution is -2.25. The number of aromatic nitrogens is 1. The first-order valence-corrected chi connectivity index (χ1v) is 4.26. The van der Waals surface area contributed by atoms with Gasteiger partial charge in [-0.25, -0.2) is 10.2 Å². The fraction of sp³-hybridized carbons (Fsp3) is 0.222. The fourth-order valence-corrected chi connectivity index (χ4v) is 1.01. The summed E-state index contributed by atoms with van der Waals surface area (Å²) in [5.41, 5.74) is 8.80. The van der Waals surface area contributed by atoms with Crippen LogP contribution < -0.4 is 11.2 Å². The van der Waals surface area contributed by atoms with E-state index >= 15 is 0 Å². The van der Waals surface area contributed by atoms with Crippen molar-refractivity contribution in [2.75, 3.05) is 0 Å². The Balaban J connectivity index is 2.82. The molecular weight excluding hydrogens is 180 g/mol. The maximum Gasteiger partial charge on any atom is 0.332 e. The number of nitrogens with one attached hydrogen (secondary N) is 1. The van der Waals surface area contributed by atoms with Gasteiger partial charge < -0.3 is 5.73 Å². The van der Waals surface area contributed by atoms with Crippen molar-refractivity contribution < 1.29 is 4.79 Å². The Kier molecular flexibility index (Phi) is 3.60. The van der Waals surface area contributed by atoms with Gasteiger partial charge in [0.15, 0.2) is 0 Å². The Hall–Kier alpha value is -1.91. The SMILES string of the molecule is CC/C(=N/NC(N)=O)c1ccncc1. The number of primary amides is 1. The van der Waals surface area contributed by atoms with Gasteiger partial charge in [-0.05, 0) is 18.6 Å². The van der Waals surface area contributed by atoms with Crippen molar-refractivity contribution in [2.24, 2.45) is 10.8 Å². The van der Waals surface area contributed by atoms with Crippen LogP contribution in [0.15, 0.2) is 29.6 Å². The minimum Gasteiger partial charge on any atom is -0.350 e. The van der Waals surface area contributed by atoms with Crippen LogP contribution in [0.4, 0.5) is 4.79 Å². The molecule has 0 unspecified atom stereocenters. The summed E-state index contributed by atoms with van der Waals surface area (Å²) in [6.07, 6.45) is 4.06. The van der Waals surface area contributed by atoms with E-state index in [9.17, 15) is 4.79 Å². The van der Waals surface area contributed by atoms with E-state index in [2.05, 4.69) is 15.5 Å². The molecule has 0 radical (unpaired) electrons. The highest BCUT2D eigenvalue weighted by Crippen LogP contribution is 2.01. The van der Waals surface area contributed by atoms with Crippen LogP contribution >= 0.6 is 0 Å². The molecule has 0 aromatic carbocycles. The van der Waals surface area contributed by atoms with Gasteiger partial charge in [-0.2, -0.15) is 5.10 Å². The number of amides is 2. The molecule has 0 saturated heterocycles. The number of carbonyl (C=O) groups is 1. The molecule has 0 aliphatic rings. The minimum absolute atomic E-state index is 0.662. The predicted molar refractivity (Wildman–Crippen MR) is 53.8 cm³/mol. The summed E-state index contributed by atoms with van der Waals surface area (Å²) < 4.78 is 0. The third-order valence-corrected chi connectivity index (χ3v) is 1.65. The smallest absolute Gasteiger partial charge is 0.332 e. The van der Waals surface area contributed by atoms with Crippen molar-refractivity contribution in [1.82, 2.24) is 10.4 Å². The molecule has 5 heteroatoms. The van der Waals surface area contributed by atoms with Crippen molar-refractivity contribution in [3.63, 3.8) is 0 Å². The van der Waals surface area contributed by atoms with Crippen molar-refractivity contribution >= 4 is 11.7 Å². The zero-order valence-electron chi connectivity index (χ0n) is 7.90. The van der Waals surface area contributed by atoms with Gasteiger partial charge in [-0.15, -0.1) is 0 Å². The van der Waals surface area contributed by atoms with E-state index < -0.39 is 6.03 Å². The highest BCUT2D eigenvalue weighted by molar-refractivity contribution is 6.00. The molecule has 14 heavy (non-hydrogen) atoms. The molecule has 0 spiro atoms. The fourth-order valence-electron chi connectivity index (χ4n) is 1.01. The quantitative estimate of drug-likeness (QED) is 0.550. The van der Waals surface area contributed by atoms with Crippen LogP contribution in [0.5, 0.6) is 0 Å². The number of pyridine rings is 1. The van der Waals surface area contributed by atoms with Crippen molar-refractivity contribution in [2.45, 2.75) is 13.3 Å². The summed E-state index contributed by atoms with van der Waals surface area (Å²) in [6, 6.07) is 2.99. The highest BCUT2D eigenvalue weighted by Gasteiger charge is 2.00. The highest BCUT2D eigenvalue weighted by atomic mass is 16.2. The molecule has 1 aromatic heterocycles. The number of hydrogen-bond acceptors (Lipinski definition) is 3. The molecule has 2 amide bonds. The standard InChI is InChI=1S/C9H12N4O/c1-2-8(12-13-9(10)14)7-3-5-11-6-4-7/h3-6H,2H2,1H3,(H3,10,13,14)/b12-8-. The Morgan fingerprint density at radius 2 is 2.21 bits per heavy atom. The van der Waals surface area contributed by atoms with Gasteiger partial charge in [-0.3, -0.25) is 4.98 Å². The molecule has 1 heterocycles. The second-order valence-electron chi connectivity index (χ2n) is 2.62. The van der Waals surface area contributed by atoms with Gasteiger partial charge in [0.05, 0.1) is 5.71 Å². The Labute approximate surface area is 82.0 Å². The molecule has 1 rings (SSSR count). The number of hydrogen-bond donors (Lipinski definition) is 2.